The fourth-order valence-corrected chi connectivity index (χ4v) is 3.37. The molecule has 142 valence electrons. The van der Waals surface area contributed by atoms with Gasteiger partial charge in [0.1, 0.15) is 10.8 Å². The molecule has 0 radical (unpaired) electrons. The van der Waals surface area contributed by atoms with Gasteiger partial charge < -0.3 is 10.1 Å². The lowest BCUT2D eigenvalue weighted by atomic mass is 10.3. The van der Waals surface area contributed by atoms with E-state index in [1.165, 1.54) is 0 Å². The maximum absolute atomic E-state index is 12.5. The summed E-state index contributed by atoms with van der Waals surface area (Å²) in [7, 11) is 0. The van der Waals surface area contributed by atoms with Gasteiger partial charge in [0.2, 0.25) is 5.91 Å². The van der Waals surface area contributed by atoms with Crippen LogP contribution in [0.15, 0.2) is 71.9 Å². The van der Waals surface area contributed by atoms with Crippen LogP contribution in [0.2, 0.25) is 10.0 Å². The van der Waals surface area contributed by atoms with Gasteiger partial charge in [0.15, 0.2) is 0 Å². The summed E-state index contributed by atoms with van der Waals surface area (Å²) in [5, 5.41) is 3.88. The van der Waals surface area contributed by atoms with Crippen LogP contribution < -0.4 is 10.1 Å². The Hall–Kier alpha value is -2.54. The van der Waals surface area contributed by atoms with Crippen LogP contribution >= 0.6 is 35.0 Å². The Morgan fingerprint density at radius 1 is 0.964 bits per heavy atom. The monoisotopic (exact) mass is 432 g/mol. The number of hydrogen-bond acceptors (Lipinski definition) is 5. The van der Waals surface area contributed by atoms with Gasteiger partial charge in [0.25, 0.3) is 0 Å². The molecular weight excluding hydrogens is 419 g/mol. The zero-order valence-corrected chi connectivity index (χ0v) is 16.7. The standard InChI is InChI=1S/C20H14Cl2N2O3S/c21-14-7-1-3-9-16(14)24-18(25)12-28-19-13(6-5-11-23-19)20(26)27-17-10-4-2-8-15(17)22/h1-11H,12H2,(H,24,25). The molecule has 0 bridgehead atoms. The largest absolute Gasteiger partial charge is 0.421 e. The minimum absolute atomic E-state index is 0.0502. The maximum Gasteiger partial charge on any atom is 0.346 e. The molecular formula is C20H14Cl2N2O3S. The van der Waals surface area contributed by atoms with E-state index < -0.39 is 5.97 Å². The van der Waals surface area contributed by atoms with Crippen LogP contribution in [-0.2, 0) is 4.79 Å². The van der Waals surface area contributed by atoms with Gasteiger partial charge in [0.05, 0.1) is 27.0 Å². The highest BCUT2D eigenvalue weighted by Gasteiger charge is 2.17. The smallest absolute Gasteiger partial charge is 0.346 e. The van der Waals surface area contributed by atoms with Crippen LogP contribution in [0.3, 0.4) is 0 Å². The third-order valence-electron chi connectivity index (χ3n) is 3.52. The van der Waals surface area contributed by atoms with E-state index in [0.29, 0.717) is 20.8 Å². The summed E-state index contributed by atoms with van der Waals surface area (Å²) in [6.07, 6.45) is 1.54. The number of carbonyl (C=O) groups excluding carboxylic acids is 2. The quantitative estimate of drug-likeness (QED) is 0.323. The molecule has 0 aliphatic rings. The number of thioether (sulfide) groups is 1. The highest BCUT2D eigenvalue weighted by molar-refractivity contribution is 8.00. The highest BCUT2D eigenvalue weighted by atomic mass is 35.5. The molecule has 0 aliphatic carbocycles. The maximum atomic E-state index is 12.5. The topological polar surface area (TPSA) is 68.3 Å². The van der Waals surface area contributed by atoms with Crippen molar-refractivity contribution in [1.29, 1.82) is 0 Å². The van der Waals surface area contributed by atoms with Crippen LogP contribution in [0.1, 0.15) is 10.4 Å². The molecule has 1 aromatic heterocycles. The van der Waals surface area contributed by atoms with Crippen molar-refractivity contribution >= 4 is 52.5 Å². The van der Waals surface area contributed by atoms with Gasteiger partial charge in [-0.3, -0.25) is 4.79 Å². The molecule has 5 nitrogen and oxygen atoms in total. The Bertz CT molecular complexity index is 1010. The molecule has 0 fully saturated rings. The van der Waals surface area contributed by atoms with Gasteiger partial charge in [-0.25, -0.2) is 9.78 Å². The molecule has 28 heavy (non-hydrogen) atoms. The van der Waals surface area contributed by atoms with E-state index >= 15 is 0 Å². The van der Waals surface area contributed by atoms with Gasteiger partial charge >= 0.3 is 5.97 Å². The Morgan fingerprint density at radius 2 is 1.68 bits per heavy atom. The molecule has 1 N–H and O–H groups in total. The Kier molecular flexibility index (Phi) is 6.92. The van der Waals surface area contributed by atoms with E-state index in [-0.39, 0.29) is 23.0 Å². The molecule has 1 amide bonds. The number of anilines is 1. The minimum atomic E-state index is -0.602. The number of ether oxygens (including phenoxy) is 1. The molecule has 0 unspecified atom stereocenters. The number of para-hydroxylation sites is 2. The van der Waals surface area contributed by atoms with Crippen LogP contribution in [0, 0.1) is 0 Å². The van der Waals surface area contributed by atoms with Crippen molar-refractivity contribution in [3.63, 3.8) is 0 Å². The second-order valence-corrected chi connectivity index (χ2v) is 7.27. The third kappa shape index (κ3) is 5.25. The number of benzene rings is 2. The van der Waals surface area contributed by atoms with Gasteiger partial charge in [-0.2, -0.15) is 0 Å². The highest BCUT2D eigenvalue weighted by Crippen LogP contribution is 2.27. The van der Waals surface area contributed by atoms with Crippen molar-refractivity contribution < 1.29 is 14.3 Å². The van der Waals surface area contributed by atoms with Crippen molar-refractivity contribution in [2.24, 2.45) is 0 Å². The van der Waals surface area contributed by atoms with Crippen LogP contribution in [0.5, 0.6) is 5.75 Å². The zero-order valence-electron chi connectivity index (χ0n) is 14.4. The summed E-state index contributed by atoms with van der Waals surface area (Å²) in [5.41, 5.74) is 0.770. The number of halogens is 2. The predicted molar refractivity (Wildman–Crippen MR) is 111 cm³/mol. The van der Waals surface area contributed by atoms with Gasteiger partial charge in [0, 0.05) is 6.20 Å². The molecule has 0 saturated carbocycles. The van der Waals surface area contributed by atoms with E-state index in [1.54, 1.807) is 66.9 Å². The lowest BCUT2D eigenvalue weighted by Gasteiger charge is -2.10. The van der Waals surface area contributed by atoms with Crippen LogP contribution in [0.4, 0.5) is 5.69 Å². The Labute approximate surface area is 176 Å². The van der Waals surface area contributed by atoms with Gasteiger partial charge in [-0.1, -0.05) is 59.2 Å². The van der Waals surface area contributed by atoms with Crippen LogP contribution in [-0.4, -0.2) is 22.6 Å². The van der Waals surface area contributed by atoms with Crippen molar-refractivity contribution in [1.82, 2.24) is 4.98 Å². The number of pyridine rings is 1. The third-order valence-corrected chi connectivity index (χ3v) is 5.17. The van der Waals surface area contributed by atoms with E-state index in [9.17, 15) is 9.59 Å². The number of amides is 1. The first kappa shape index (κ1) is 20.2. The first-order valence-electron chi connectivity index (χ1n) is 8.13. The molecule has 0 spiro atoms. The summed E-state index contributed by atoms with van der Waals surface area (Å²) in [6.45, 7) is 0. The number of aromatic nitrogens is 1. The van der Waals surface area contributed by atoms with Gasteiger partial charge in [-0.05, 0) is 36.4 Å². The van der Waals surface area contributed by atoms with Crippen molar-refractivity contribution in [2.75, 3.05) is 11.1 Å². The normalized spacial score (nSPS) is 10.4. The number of hydrogen-bond donors (Lipinski definition) is 1. The van der Waals surface area contributed by atoms with E-state index in [1.807, 2.05) is 0 Å². The average molecular weight is 433 g/mol. The molecule has 0 aliphatic heterocycles. The second kappa shape index (κ2) is 9.59. The van der Waals surface area contributed by atoms with Crippen molar-refractivity contribution in [2.45, 2.75) is 5.03 Å². The Morgan fingerprint density at radius 3 is 2.43 bits per heavy atom. The fraction of sp³-hybridized carbons (Fsp3) is 0.0500. The number of nitrogens with one attached hydrogen (secondary N) is 1. The molecule has 0 atom stereocenters. The lowest BCUT2D eigenvalue weighted by Crippen LogP contribution is -2.15. The number of nitrogens with zero attached hydrogens (tertiary/aromatic N) is 1. The predicted octanol–water partition coefficient (Wildman–Crippen LogP) is 5.34. The first-order chi connectivity index (χ1) is 13.5. The SMILES string of the molecule is O=C(CSc1ncccc1C(=O)Oc1ccccc1Cl)Nc1ccccc1Cl. The number of rotatable bonds is 6. The lowest BCUT2D eigenvalue weighted by molar-refractivity contribution is -0.113. The molecule has 1 heterocycles. The summed E-state index contributed by atoms with van der Waals surface area (Å²) >= 11 is 13.2. The minimum Gasteiger partial charge on any atom is -0.421 e. The van der Waals surface area contributed by atoms with E-state index in [0.717, 1.165) is 11.8 Å². The fourth-order valence-electron chi connectivity index (χ4n) is 2.23. The molecule has 2 aromatic carbocycles. The van der Waals surface area contributed by atoms with Crippen molar-refractivity contribution in [3.05, 3.63) is 82.5 Å². The Balaban J connectivity index is 1.67. The zero-order chi connectivity index (χ0) is 19.9. The summed E-state index contributed by atoms with van der Waals surface area (Å²) in [6, 6.07) is 16.8. The van der Waals surface area contributed by atoms with E-state index in [2.05, 4.69) is 10.3 Å². The average Bonchev–Trinajstić information content (AvgIpc) is 2.70. The molecule has 3 aromatic rings. The first-order valence-corrected chi connectivity index (χ1v) is 9.87. The van der Waals surface area contributed by atoms with Crippen LogP contribution in [0.25, 0.3) is 0 Å². The van der Waals surface area contributed by atoms with Crippen molar-refractivity contribution in [3.8, 4) is 5.75 Å². The molecule has 3 rings (SSSR count). The van der Waals surface area contributed by atoms with Gasteiger partial charge in [-0.15, -0.1) is 0 Å². The molecule has 8 heteroatoms. The molecule has 0 saturated heterocycles. The van der Waals surface area contributed by atoms with E-state index in [4.69, 9.17) is 27.9 Å². The number of esters is 1. The summed E-state index contributed by atoms with van der Waals surface area (Å²) in [4.78, 5) is 28.9. The second-order valence-electron chi connectivity index (χ2n) is 5.49. The number of carbonyl (C=O) groups is 2. The summed E-state index contributed by atoms with van der Waals surface area (Å²) < 4.78 is 5.35. The summed E-state index contributed by atoms with van der Waals surface area (Å²) in [5.74, 6) is -0.566.